The van der Waals surface area contributed by atoms with Crippen molar-refractivity contribution in [3.8, 4) is 0 Å². The molecule has 0 aliphatic carbocycles. The van der Waals surface area contributed by atoms with Crippen molar-refractivity contribution in [2.75, 3.05) is 11.9 Å². The van der Waals surface area contributed by atoms with E-state index < -0.39 is 18.5 Å². The number of hydrogen-bond donors (Lipinski definition) is 3. The van der Waals surface area contributed by atoms with Gasteiger partial charge in [0.2, 0.25) is 0 Å². The smallest absolute Gasteiger partial charge is 0.323 e. The molecule has 15 heavy (non-hydrogen) atoms. The first kappa shape index (κ1) is 11.4. The zero-order valence-electron chi connectivity index (χ0n) is 7.53. The predicted octanol–water partition coefficient (Wildman–Crippen LogP) is 1.05. The Morgan fingerprint density at radius 3 is 2.87 bits per heavy atom. The topological polar surface area (TPSA) is 91.3 Å². The lowest BCUT2D eigenvalue weighted by molar-refractivity contribution is -0.135. The number of aromatic nitrogens is 1. The molecule has 80 valence electrons. The molecule has 0 aromatic carbocycles. The second-order valence-electron chi connectivity index (χ2n) is 2.56. The van der Waals surface area contributed by atoms with Crippen molar-refractivity contribution in [3.05, 3.63) is 22.9 Å². The fraction of sp³-hybridized carbons (Fsp3) is 0.125. The second-order valence-corrected chi connectivity index (χ2v) is 3.41. The van der Waals surface area contributed by atoms with Gasteiger partial charge in [-0.25, -0.2) is 4.79 Å². The molecule has 1 aromatic rings. The number of carbonyl (C=O) groups excluding carboxylic acids is 1. The Labute approximate surface area is 93.8 Å². The highest BCUT2D eigenvalue weighted by Gasteiger charge is 2.05. The first-order valence-corrected chi connectivity index (χ1v) is 4.75. The zero-order chi connectivity index (χ0) is 11.3. The molecule has 0 aliphatic rings. The van der Waals surface area contributed by atoms with Gasteiger partial charge in [-0.3, -0.25) is 9.78 Å². The summed E-state index contributed by atoms with van der Waals surface area (Å²) in [5.74, 6) is -1.10. The number of urea groups is 1. The summed E-state index contributed by atoms with van der Waals surface area (Å²) >= 11 is 3.18. The summed E-state index contributed by atoms with van der Waals surface area (Å²) in [6, 6.07) is 1.01. The van der Waals surface area contributed by atoms with Gasteiger partial charge in [0, 0.05) is 12.4 Å². The number of nitrogens with zero attached hydrogens (tertiary/aromatic N) is 1. The highest BCUT2D eigenvalue weighted by atomic mass is 79.9. The van der Waals surface area contributed by atoms with Gasteiger partial charge in [-0.05, 0) is 22.0 Å². The molecular formula is C8H8BrN3O3. The van der Waals surface area contributed by atoms with Crippen molar-refractivity contribution in [3.63, 3.8) is 0 Å². The number of anilines is 1. The Morgan fingerprint density at radius 2 is 2.27 bits per heavy atom. The summed E-state index contributed by atoms with van der Waals surface area (Å²) in [5, 5.41) is 13.0. The third-order valence-corrected chi connectivity index (χ3v) is 2.05. The van der Waals surface area contributed by atoms with E-state index in [0.717, 1.165) is 0 Å². The molecule has 1 aromatic heterocycles. The van der Waals surface area contributed by atoms with E-state index in [2.05, 4.69) is 31.5 Å². The van der Waals surface area contributed by atoms with Crippen molar-refractivity contribution in [2.45, 2.75) is 0 Å². The SMILES string of the molecule is O=C(O)CNC(=O)Nc1ccncc1Br. The molecule has 0 bridgehead atoms. The van der Waals surface area contributed by atoms with Crippen molar-refractivity contribution in [2.24, 2.45) is 0 Å². The number of pyridine rings is 1. The number of carbonyl (C=O) groups is 2. The summed E-state index contributed by atoms with van der Waals surface area (Å²) < 4.78 is 0.621. The van der Waals surface area contributed by atoms with E-state index in [1.54, 1.807) is 6.07 Å². The molecule has 0 aliphatic heterocycles. The molecule has 6 nitrogen and oxygen atoms in total. The van der Waals surface area contributed by atoms with Gasteiger partial charge in [0.25, 0.3) is 0 Å². The number of nitrogens with one attached hydrogen (secondary N) is 2. The fourth-order valence-electron chi connectivity index (χ4n) is 0.799. The molecule has 1 rings (SSSR count). The van der Waals surface area contributed by atoms with Gasteiger partial charge in [0.15, 0.2) is 0 Å². The molecule has 1 heterocycles. The van der Waals surface area contributed by atoms with Gasteiger partial charge in [0.05, 0.1) is 10.2 Å². The minimum atomic E-state index is -1.10. The minimum Gasteiger partial charge on any atom is -0.480 e. The molecule has 0 unspecified atom stereocenters. The Bertz CT molecular complexity index is 383. The molecular weight excluding hydrogens is 266 g/mol. The van der Waals surface area contributed by atoms with Crippen molar-refractivity contribution < 1.29 is 14.7 Å². The van der Waals surface area contributed by atoms with Gasteiger partial charge in [0.1, 0.15) is 6.54 Å². The van der Waals surface area contributed by atoms with Crippen LogP contribution in [0.4, 0.5) is 10.5 Å². The van der Waals surface area contributed by atoms with Gasteiger partial charge < -0.3 is 15.7 Å². The van der Waals surface area contributed by atoms with Crippen molar-refractivity contribution >= 4 is 33.6 Å². The van der Waals surface area contributed by atoms with Crippen LogP contribution in [0, 0.1) is 0 Å². The quantitative estimate of drug-likeness (QED) is 0.768. The van der Waals surface area contributed by atoms with Crippen molar-refractivity contribution in [1.82, 2.24) is 10.3 Å². The maximum Gasteiger partial charge on any atom is 0.323 e. The number of carboxylic acids is 1. The number of halogens is 1. The first-order chi connectivity index (χ1) is 7.09. The molecule has 2 amide bonds. The molecule has 0 saturated carbocycles. The highest BCUT2D eigenvalue weighted by molar-refractivity contribution is 9.10. The first-order valence-electron chi connectivity index (χ1n) is 3.96. The molecule has 0 fully saturated rings. The van der Waals surface area contributed by atoms with E-state index in [0.29, 0.717) is 10.2 Å². The Morgan fingerprint density at radius 1 is 1.53 bits per heavy atom. The summed E-state index contributed by atoms with van der Waals surface area (Å²) in [4.78, 5) is 25.1. The van der Waals surface area contributed by atoms with Crippen LogP contribution in [0.1, 0.15) is 0 Å². The van der Waals surface area contributed by atoms with E-state index in [4.69, 9.17) is 5.11 Å². The molecule has 0 saturated heterocycles. The normalized spacial score (nSPS) is 9.40. The maximum atomic E-state index is 11.1. The summed E-state index contributed by atoms with van der Waals surface area (Å²) in [5.41, 5.74) is 0.521. The third-order valence-electron chi connectivity index (χ3n) is 1.42. The lowest BCUT2D eigenvalue weighted by Crippen LogP contribution is -2.33. The van der Waals surface area contributed by atoms with Gasteiger partial charge in [-0.15, -0.1) is 0 Å². The summed E-state index contributed by atoms with van der Waals surface area (Å²) in [7, 11) is 0. The monoisotopic (exact) mass is 273 g/mol. The average Bonchev–Trinajstić information content (AvgIpc) is 2.18. The van der Waals surface area contributed by atoms with E-state index >= 15 is 0 Å². The molecule has 0 atom stereocenters. The number of hydrogen-bond acceptors (Lipinski definition) is 3. The Balaban J connectivity index is 2.52. The lowest BCUT2D eigenvalue weighted by atomic mass is 10.4. The number of aliphatic carboxylic acids is 1. The summed E-state index contributed by atoms with van der Waals surface area (Å²) in [6.45, 7) is -0.422. The second kappa shape index (κ2) is 5.30. The van der Waals surface area contributed by atoms with Gasteiger partial charge in [-0.1, -0.05) is 0 Å². The number of amides is 2. The number of carboxylic acid groups (broad SMARTS) is 1. The Hall–Kier alpha value is -1.63. The standard InChI is InChI=1S/C8H8BrN3O3/c9-5-3-10-2-1-6(5)12-8(15)11-4-7(13)14/h1-3H,4H2,(H,13,14)(H2,10,11,12,15). The van der Waals surface area contributed by atoms with E-state index in [9.17, 15) is 9.59 Å². The Kier molecular flexibility index (Phi) is 4.04. The fourth-order valence-corrected chi connectivity index (χ4v) is 1.15. The van der Waals surface area contributed by atoms with Crippen LogP contribution in [-0.4, -0.2) is 28.6 Å². The number of rotatable bonds is 3. The molecule has 3 N–H and O–H groups in total. The van der Waals surface area contributed by atoms with Crippen LogP contribution >= 0.6 is 15.9 Å². The molecule has 7 heteroatoms. The minimum absolute atomic E-state index is 0.422. The third kappa shape index (κ3) is 3.94. The van der Waals surface area contributed by atoms with Crippen LogP contribution < -0.4 is 10.6 Å². The van der Waals surface area contributed by atoms with E-state index in [1.807, 2.05) is 0 Å². The average molecular weight is 274 g/mol. The van der Waals surface area contributed by atoms with Gasteiger partial charge in [-0.2, -0.15) is 0 Å². The van der Waals surface area contributed by atoms with Crippen LogP contribution in [0.5, 0.6) is 0 Å². The summed E-state index contributed by atoms with van der Waals surface area (Å²) in [6.07, 6.45) is 3.03. The van der Waals surface area contributed by atoms with Crippen LogP contribution in [0.25, 0.3) is 0 Å². The van der Waals surface area contributed by atoms with E-state index in [-0.39, 0.29) is 0 Å². The van der Waals surface area contributed by atoms with Crippen molar-refractivity contribution in [1.29, 1.82) is 0 Å². The van der Waals surface area contributed by atoms with Gasteiger partial charge >= 0.3 is 12.0 Å². The molecule has 0 spiro atoms. The van der Waals surface area contributed by atoms with Crippen LogP contribution in [0.2, 0.25) is 0 Å². The van der Waals surface area contributed by atoms with Crippen LogP contribution in [-0.2, 0) is 4.79 Å². The zero-order valence-corrected chi connectivity index (χ0v) is 9.11. The van der Waals surface area contributed by atoms with Crippen LogP contribution in [0.3, 0.4) is 0 Å². The van der Waals surface area contributed by atoms with E-state index in [1.165, 1.54) is 12.4 Å². The largest absolute Gasteiger partial charge is 0.480 e. The maximum absolute atomic E-state index is 11.1. The molecule has 0 radical (unpaired) electrons. The predicted molar refractivity (Wildman–Crippen MR) is 56.6 cm³/mol. The van der Waals surface area contributed by atoms with Crippen LogP contribution in [0.15, 0.2) is 22.9 Å². The lowest BCUT2D eigenvalue weighted by Gasteiger charge is -2.06. The highest BCUT2D eigenvalue weighted by Crippen LogP contribution is 2.19.